The highest BCUT2D eigenvalue weighted by atomic mass is 16.4. The van der Waals surface area contributed by atoms with Crippen LogP contribution in [-0.2, 0) is 6.42 Å². The lowest BCUT2D eigenvalue weighted by Crippen LogP contribution is -2.36. The molecule has 0 radical (unpaired) electrons. The second-order valence-corrected chi connectivity index (χ2v) is 2.84. The van der Waals surface area contributed by atoms with E-state index in [0.29, 0.717) is 12.1 Å². The average Bonchev–Trinajstić information content (AvgIpc) is 2.39. The molecule has 2 N–H and O–H groups in total. The van der Waals surface area contributed by atoms with E-state index >= 15 is 0 Å². The number of carboxylic acid groups (broad SMARTS) is 1. The van der Waals surface area contributed by atoms with Crippen molar-refractivity contribution in [3.63, 3.8) is 0 Å². The molecule has 5 nitrogen and oxygen atoms in total. The third-order valence-electron chi connectivity index (χ3n) is 2.05. The van der Waals surface area contributed by atoms with Crippen molar-refractivity contribution in [3.8, 4) is 0 Å². The van der Waals surface area contributed by atoms with Crippen LogP contribution in [0.4, 0.5) is 10.5 Å². The molecule has 2 heterocycles. The van der Waals surface area contributed by atoms with Crippen molar-refractivity contribution in [2.45, 2.75) is 12.6 Å². The Bertz CT molecular complexity index is 353. The average molecular weight is 180 g/mol. The summed E-state index contributed by atoms with van der Waals surface area (Å²) < 4.78 is 0. The van der Waals surface area contributed by atoms with Crippen molar-refractivity contribution in [1.29, 1.82) is 0 Å². The normalized spacial score (nSPS) is 20.1. The van der Waals surface area contributed by atoms with Crippen LogP contribution in [0.3, 0.4) is 0 Å². The molecule has 1 aliphatic rings. The van der Waals surface area contributed by atoms with Gasteiger partial charge in [-0.25, -0.2) is 9.69 Å². The Balaban J connectivity index is 2.46. The first-order valence-corrected chi connectivity index (χ1v) is 3.83. The van der Waals surface area contributed by atoms with E-state index in [1.807, 2.05) is 0 Å². The van der Waals surface area contributed by atoms with E-state index in [1.54, 1.807) is 12.3 Å². The summed E-state index contributed by atoms with van der Waals surface area (Å²) >= 11 is 0. The van der Waals surface area contributed by atoms with Crippen LogP contribution in [0.1, 0.15) is 5.56 Å². The summed E-state index contributed by atoms with van der Waals surface area (Å²) in [6.45, 7) is 0. The smallest absolute Gasteiger partial charge is 0.414 e. The minimum Gasteiger partial charge on any atom is -0.465 e. The predicted octanol–water partition coefficient (Wildman–Crippen LogP) is 0.440. The zero-order chi connectivity index (χ0) is 9.42. The number of hydrogen-bond donors (Lipinski definition) is 2. The fourth-order valence-corrected chi connectivity index (χ4v) is 1.48. The van der Waals surface area contributed by atoms with Crippen LogP contribution >= 0.6 is 0 Å². The SMILES string of the molecule is O=C(O)N1c2cnccc2CC1O. The van der Waals surface area contributed by atoms with Crippen molar-refractivity contribution >= 4 is 11.8 Å². The summed E-state index contributed by atoms with van der Waals surface area (Å²) in [5.41, 5.74) is 1.28. The highest BCUT2D eigenvalue weighted by Crippen LogP contribution is 2.29. The quantitative estimate of drug-likeness (QED) is 0.607. The van der Waals surface area contributed by atoms with Crippen molar-refractivity contribution in [2.24, 2.45) is 0 Å². The molecule has 2 rings (SSSR count). The second-order valence-electron chi connectivity index (χ2n) is 2.84. The number of aromatic nitrogens is 1. The Morgan fingerprint density at radius 2 is 2.46 bits per heavy atom. The van der Waals surface area contributed by atoms with Gasteiger partial charge in [0, 0.05) is 12.6 Å². The Morgan fingerprint density at radius 1 is 1.69 bits per heavy atom. The van der Waals surface area contributed by atoms with Gasteiger partial charge in [-0.2, -0.15) is 0 Å². The molecule has 1 aromatic rings. The van der Waals surface area contributed by atoms with Gasteiger partial charge in [-0.05, 0) is 11.6 Å². The summed E-state index contributed by atoms with van der Waals surface area (Å²) in [6, 6.07) is 1.71. The number of fused-ring (bicyclic) bond motifs is 1. The predicted molar refractivity (Wildman–Crippen MR) is 44.5 cm³/mol. The van der Waals surface area contributed by atoms with E-state index in [1.165, 1.54) is 6.20 Å². The van der Waals surface area contributed by atoms with Crippen LogP contribution in [0, 0.1) is 0 Å². The number of carbonyl (C=O) groups is 1. The number of aliphatic hydroxyl groups excluding tert-OH is 1. The standard InChI is InChI=1S/C8H8N2O3/c11-7-3-5-1-2-9-4-6(5)10(7)8(12)13/h1-2,4,7,11H,3H2,(H,12,13). The molecule has 0 aliphatic carbocycles. The summed E-state index contributed by atoms with van der Waals surface area (Å²) in [5.74, 6) is 0. The van der Waals surface area contributed by atoms with E-state index in [0.717, 1.165) is 10.5 Å². The molecule has 0 aromatic carbocycles. The number of nitrogens with zero attached hydrogens (tertiary/aromatic N) is 2. The minimum atomic E-state index is -1.15. The summed E-state index contributed by atoms with van der Waals surface area (Å²) in [5, 5.41) is 18.2. The highest BCUT2D eigenvalue weighted by Gasteiger charge is 2.32. The summed E-state index contributed by atoms with van der Waals surface area (Å²) in [7, 11) is 0. The van der Waals surface area contributed by atoms with Crippen LogP contribution < -0.4 is 4.90 Å². The molecular weight excluding hydrogens is 172 g/mol. The number of pyridine rings is 1. The number of anilines is 1. The van der Waals surface area contributed by atoms with Crippen LogP contribution in [0.2, 0.25) is 0 Å². The van der Waals surface area contributed by atoms with Crippen LogP contribution in [-0.4, -0.2) is 27.5 Å². The molecule has 1 aliphatic heterocycles. The molecule has 1 unspecified atom stereocenters. The molecule has 13 heavy (non-hydrogen) atoms. The largest absolute Gasteiger partial charge is 0.465 e. The van der Waals surface area contributed by atoms with Crippen LogP contribution in [0.5, 0.6) is 0 Å². The van der Waals surface area contributed by atoms with E-state index in [2.05, 4.69) is 4.98 Å². The third-order valence-corrected chi connectivity index (χ3v) is 2.05. The van der Waals surface area contributed by atoms with E-state index in [-0.39, 0.29) is 0 Å². The topological polar surface area (TPSA) is 73.7 Å². The van der Waals surface area contributed by atoms with Gasteiger partial charge >= 0.3 is 6.09 Å². The van der Waals surface area contributed by atoms with Crippen LogP contribution in [0.25, 0.3) is 0 Å². The molecular formula is C8H8N2O3. The van der Waals surface area contributed by atoms with Gasteiger partial charge in [0.15, 0.2) is 0 Å². The summed E-state index contributed by atoms with van der Waals surface area (Å²) in [6.07, 6.45) is 1.23. The lowest BCUT2D eigenvalue weighted by molar-refractivity contribution is 0.154. The van der Waals surface area contributed by atoms with Gasteiger partial charge in [0.05, 0.1) is 11.9 Å². The van der Waals surface area contributed by atoms with Gasteiger partial charge in [0.1, 0.15) is 6.23 Å². The Kier molecular flexibility index (Phi) is 1.66. The molecule has 0 fully saturated rings. The van der Waals surface area contributed by atoms with Crippen molar-refractivity contribution < 1.29 is 15.0 Å². The molecule has 68 valence electrons. The number of hydrogen-bond acceptors (Lipinski definition) is 3. The fraction of sp³-hybridized carbons (Fsp3) is 0.250. The highest BCUT2D eigenvalue weighted by molar-refractivity contribution is 5.89. The Hall–Kier alpha value is -1.62. The van der Waals surface area contributed by atoms with Gasteiger partial charge in [-0.1, -0.05) is 0 Å². The first-order valence-electron chi connectivity index (χ1n) is 3.83. The Morgan fingerprint density at radius 3 is 3.15 bits per heavy atom. The third kappa shape index (κ3) is 1.13. The van der Waals surface area contributed by atoms with Crippen molar-refractivity contribution in [2.75, 3.05) is 4.90 Å². The maximum Gasteiger partial charge on any atom is 0.414 e. The molecule has 0 spiro atoms. The zero-order valence-electron chi connectivity index (χ0n) is 6.71. The molecule has 0 saturated heterocycles. The number of amides is 1. The molecule has 1 atom stereocenters. The number of rotatable bonds is 0. The van der Waals surface area contributed by atoms with Gasteiger partial charge in [-0.3, -0.25) is 4.98 Å². The maximum absolute atomic E-state index is 10.7. The monoisotopic (exact) mass is 180 g/mol. The van der Waals surface area contributed by atoms with Gasteiger partial charge < -0.3 is 10.2 Å². The number of aliphatic hydroxyl groups is 1. The van der Waals surface area contributed by atoms with E-state index < -0.39 is 12.3 Å². The van der Waals surface area contributed by atoms with Gasteiger partial charge in [0.25, 0.3) is 0 Å². The minimum absolute atomic E-state index is 0.337. The van der Waals surface area contributed by atoms with E-state index in [4.69, 9.17) is 5.11 Å². The second kappa shape index (κ2) is 2.70. The zero-order valence-corrected chi connectivity index (χ0v) is 6.71. The van der Waals surface area contributed by atoms with Gasteiger partial charge in [0.2, 0.25) is 0 Å². The first kappa shape index (κ1) is 8.00. The maximum atomic E-state index is 10.7. The Labute approximate surface area is 74.2 Å². The lowest BCUT2D eigenvalue weighted by Gasteiger charge is -2.16. The lowest BCUT2D eigenvalue weighted by atomic mass is 10.2. The molecule has 0 bridgehead atoms. The van der Waals surface area contributed by atoms with Crippen molar-refractivity contribution in [1.82, 2.24) is 4.98 Å². The van der Waals surface area contributed by atoms with E-state index in [9.17, 15) is 9.90 Å². The molecule has 1 aromatic heterocycles. The molecule has 0 saturated carbocycles. The van der Waals surface area contributed by atoms with Crippen LogP contribution in [0.15, 0.2) is 18.5 Å². The van der Waals surface area contributed by atoms with Crippen molar-refractivity contribution in [3.05, 3.63) is 24.0 Å². The first-order chi connectivity index (χ1) is 6.20. The fourth-order valence-electron chi connectivity index (χ4n) is 1.48. The molecule has 5 heteroatoms. The van der Waals surface area contributed by atoms with Gasteiger partial charge in [-0.15, -0.1) is 0 Å². The molecule has 1 amide bonds. The summed E-state index contributed by atoms with van der Waals surface area (Å²) in [4.78, 5) is 15.4.